The molecule has 0 saturated heterocycles. The molecule has 1 amide bonds. The summed E-state index contributed by atoms with van der Waals surface area (Å²) in [4.78, 5) is 16.0. The molecule has 2 aromatic heterocycles. The smallest absolute Gasteiger partial charge is 0.258 e. The van der Waals surface area contributed by atoms with Crippen LogP contribution in [0.25, 0.3) is 11.1 Å². The lowest BCUT2D eigenvalue weighted by atomic mass is 10.1. The molecule has 0 atom stereocenters. The third kappa shape index (κ3) is 4.19. The number of aryl methyl sites for hydroxylation is 1. The van der Waals surface area contributed by atoms with Gasteiger partial charge in [0.15, 0.2) is 6.61 Å². The van der Waals surface area contributed by atoms with Gasteiger partial charge in [-0.15, -0.1) is 0 Å². The summed E-state index contributed by atoms with van der Waals surface area (Å²) in [5, 5.41) is 6.91. The van der Waals surface area contributed by atoms with Crippen LogP contribution < -0.4 is 10.1 Å². The average molecular weight is 321 g/mol. The van der Waals surface area contributed by atoms with Gasteiger partial charge in [0.2, 0.25) is 0 Å². The highest BCUT2D eigenvalue weighted by molar-refractivity contribution is 5.77. The van der Waals surface area contributed by atoms with E-state index in [9.17, 15) is 4.79 Å². The van der Waals surface area contributed by atoms with E-state index in [0.717, 1.165) is 16.8 Å². The molecule has 3 aromatic rings. The largest absolute Gasteiger partial charge is 0.484 e. The first-order valence-electron chi connectivity index (χ1n) is 7.50. The van der Waals surface area contributed by atoms with Gasteiger partial charge in [0.1, 0.15) is 5.75 Å². The Bertz CT molecular complexity index is 815. The summed E-state index contributed by atoms with van der Waals surface area (Å²) >= 11 is 0. The lowest BCUT2D eigenvalue weighted by Crippen LogP contribution is -2.28. The number of nitrogens with zero attached hydrogens (tertiary/aromatic N) is 3. The van der Waals surface area contributed by atoms with Crippen LogP contribution in [0.2, 0.25) is 0 Å². The van der Waals surface area contributed by atoms with E-state index in [1.807, 2.05) is 43.6 Å². The van der Waals surface area contributed by atoms with E-state index >= 15 is 0 Å². The van der Waals surface area contributed by atoms with E-state index < -0.39 is 0 Å². The molecule has 0 aliphatic carbocycles. The van der Waals surface area contributed by atoms with Crippen molar-refractivity contribution in [2.24, 2.45) is 7.05 Å². The summed E-state index contributed by atoms with van der Waals surface area (Å²) in [6.07, 6.45) is 5.37. The number of rotatable bonds is 6. The van der Waals surface area contributed by atoms with E-state index in [4.69, 9.17) is 4.74 Å². The van der Waals surface area contributed by atoms with Gasteiger partial charge in [-0.3, -0.25) is 14.5 Å². The molecule has 1 aromatic carbocycles. The van der Waals surface area contributed by atoms with Gasteiger partial charge >= 0.3 is 0 Å². The van der Waals surface area contributed by atoms with Gasteiger partial charge in [0.05, 0.1) is 18.4 Å². The van der Waals surface area contributed by atoms with Crippen LogP contribution in [0, 0.1) is 6.07 Å². The number of carbonyl (C=O) groups is 1. The van der Waals surface area contributed by atoms with Gasteiger partial charge in [-0.25, -0.2) is 0 Å². The van der Waals surface area contributed by atoms with E-state index in [1.165, 1.54) is 0 Å². The fourth-order valence-corrected chi connectivity index (χ4v) is 2.16. The van der Waals surface area contributed by atoms with Crippen LogP contribution in [0.4, 0.5) is 0 Å². The molecule has 0 spiro atoms. The van der Waals surface area contributed by atoms with Crippen molar-refractivity contribution in [2.45, 2.75) is 6.54 Å². The Morgan fingerprint density at radius 2 is 2.25 bits per heavy atom. The first-order chi connectivity index (χ1) is 11.7. The highest BCUT2D eigenvalue weighted by Crippen LogP contribution is 2.22. The van der Waals surface area contributed by atoms with Crippen LogP contribution in [-0.4, -0.2) is 27.3 Å². The summed E-state index contributed by atoms with van der Waals surface area (Å²) in [6, 6.07) is 14.0. The quantitative estimate of drug-likeness (QED) is 0.754. The average Bonchev–Trinajstić information content (AvgIpc) is 3.06. The Morgan fingerprint density at radius 1 is 1.33 bits per heavy atom. The molecule has 2 heterocycles. The Labute approximate surface area is 140 Å². The Hall–Kier alpha value is -3.15. The highest BCUT2D eigenvalue weighted by Gasteiger charge is 2.06. The molecule has 6 heteroatoms. The summed E-state index contributed by atoms with van der Waals surface area (Å²) < 4.78 is 7.26. The monoisotopic (exact) mass is 321 g/mol. The normalized spacial score (nSPS) is 10.4. The van der Waals surface area contributed by atoms with Crippen molar-refractivity contribution in [3.05, 3.63) is 66.7 Å². The number of aromatic nitrogens is 3. The maximum Gasteiger partial charge on any atom is 0.258 e. The molecular formula is C18H17N4O2. The van der Waals surface area contributed by atoms with Gasteiger partial charge in [0.25, 0.3) is 5.91 Å². The number of benzene rings is 1. The third-order valence-electron chi connectivity index (χ3n) is 3.36. The van der Waals surface area contributed by atoms with Gasteiger partial charge in [-0.2, -0.15) is 5.10 Å². The first-order valence-corrected chi connectivity index (χ1v) is 7.50. The minimum Gasteiger partial charge on any atom is -0.484 e. The van der Waals surface area contributed by atoms with Crippen LogP contribution in [0.5, 0.6) is 5.75 Å². The van der Waals surface area contributed by atoms with E-state index in [-0.39, 0.29) is 12.5 Å². The number of pyridine rings is 1. The zero-order valence-electron chi connectivity index (χ0n) is 13.3. The van der Waals surface area contributed by atoms with Crippen LogP contribution in [0.1, 0.15) is 5.69 Å². The number of nitrogens with one attached hydrogen (secondary N) is 1. The van der Waals surface area contributed by atoms with Crippen molar-refractivity contribution in [3.8, 4) is 16.9 Å². The van der Waals surface area contributed by atoms with Gasteiger partial charge in [-0.05, 0) is 42.0 Å². The zero-order valence-corrected chi connectivity index (χ0v) is 13.3. The fourth-order valence-electron chi connectivity index (χ4n) is 2.16. The van der Waals surface area contributed by atoms with Crippen molar-refractivity contribution < 1.29 is 9.53 Å². The van der Waals surface area contributed by atoms with Gasteiger partial charge in [-0.1, -0.05) is 6.07 Å². The maximum atomic E-state index is 11.9. The molecule has 0 aliphatic rings. The standard InChI is InChI=1S/C18H17N4O2/c1-22-12-15(10-21-22)14-5-4-7-17(9-14)24-13-18(23)20-11-16-6-2-3-8-19-16/h2-3,5-10,12H,11,13H2,1H3,(H,20,23). The second-order valence-corrected chi connectivity index (χ2v) is 5.25. The molecule has 0 aliphatic heterocycles. The summed E-state index contributed by atoms with van der Waals surface area (Å²) in [6.45, 7) is 0.321. The SMILES string of the molecule is Cn1cc(-c2c[c]cc(OCC(=O)NCc3ccccn3)c2)cn1. The van der Waals surface area contributed by atoms with Crippen LogP contribution >= 0.6 is 0 Å². The van der Waals surface area contributed by atoms with Crippen LogP contribution in [-0.2, 0) is 18.4 Å². The lowest BCUT2D eigenvalue weighted by Gasteiger charge is -2.08. The number of amides is 1. The molecule has 0 unspecified atom stereocenters. The molecular weight excluding hydrogens is 304 g/mol. The molecule has 0 bridgehead atoms. The molecule has 1 N–H and O–H groups in total. The maximum absolute atomic E-state index is 11.9. The number of hydrogen-bond acceptors (Lipinski definition) is 4. The van der Waals surface area contributed by atoms with E-state index in [0.29, 0.717) is 12.3 Å². The van der Waals surface area contributed by atoms with Gasteiger partial charge < -0.3 is 10.1 Å². The Balaban J connectivity index is 1.54. The molecule has 6 nitrogen and oxygen atoms in total. The van der Waals surface area contributed by atoms with E-state index in [2.05, 4.69) is 21.5 Å². The predicted octanol–water partition coefficient (Wildman–Crippen LogP) is 1.98. The molecule has 121 valence electrons. The van der Waals surface area contributed by atoms with E-state index in [1.54, 1.807) is 23.1 Å². The van der Waals surface area contributed by atoms with Crippen molar-refractivity contribution >= 4 is 5.91 Å². The minimum atomic E-state index is -0.201. The molecule has 0 fully saturated rings. The van der Waals surface area contributed by atoms with Crippen molar-refractivity contribution in [3.63, 3.8) is 0 Å². The number of carbonyl (C=O) groups excluding carboxylic acids is 1. The zero-order chi connectivity index (χ0) is 16.8. The molecule has 0 saturated carbocycles. The Morgan fingerprint density at radius 3 is 3.00 bits per heavy atom. The van der Waals surface area contributed by atoms with Crippen LogP contribution in [0.15, 0.2) is 55.0 Å². The Kier molecular flexibility index (Phi) is 4.86. The highest BCUT2D eigenvalue weighted by atomic mass is 16.5. The van der Waals surface area contributed by atoms with Crippen molar-refractivity contribution in [1.29, 1.82) is 0 Å². The van der Waals surface area contributed by atoms with Crippen molar-refractivity contribution in [2.75, 3.05) is 6.61 Å². The first kappa shape index (κ1) is 15.7. The number of ether oxygens (including phenoxy) is 1. The summed E-state index contributed by atoms with van der Waals surface area (Å²) in [5.41, 5.74) is 2.71. The van der Waals surface area contributed by atoms with Crippen molar-refractivity contribution in [1.82, 2.24) is 20.1 Å². The van der Waals surface area contributed by atoms with Crippen LogP contribution in [0.3, 0.4) is 0 Å². The lowest BCUT2D eigenvalue weighted by molar-refractivity contribution is -0.123. The fraction of sp³-hybridized carbons (Fsp3) is 0.167. The topological polar surface area (TPSA) is 69.0 Å². The summed E-state index contributed by atoms with van der Waals surface area (Å²) in [7, 11) is 1.86. The summed E-state index contributed by atoms with van der Waals surface area (Å²) in [5.74, 6) is 0.386. The molecule has 3 rings (SSSR count). The minimum absolute atomic E-state index is 0.0584. The predicted molar refractivity (Wildman–Crippen MR) is 89.1 cm³/mol. The second kappa shape index (κ2) is 7.41. The van der Waals surface area contributed by atoms with Gasteiger partial charge in [0, 0.05) is 25.0 Å². The molecule has 24 heavy (non-hydrogen) atoms. The third-order valence-corrected chi connectivity index (χ3v) is 3.36. The molecule has 1 radical (unpaired) electrons. The number of hydrogen-bond donors (Lipinski definition) is 1. The second-order valence-electron chi connectivity index (χ2n) is 5.25.